The summed E-state index contributed by atoms with van der Waals surface area (Å²) >= 11 is 0. The molecule has 0 radical (unpaired) electrons. The number of benzene rings is 1. The highest BCUT2D eigenvalue weighted by Crippen LogP contribution is 2.34. The third-order valence-electron chi connectivity index (χ3n) is 3.53. The molecule has 1 aliphatic rings. The van der Waals surface area contributed by atoms with Gasteiger partial charge in [0.2, 0.25) is 0 Å². The minimum atomic E-state index is -1.07. The lowest BCUT2D eigenvalue weighted by Gasteiger charge is -2.19. The number of allylic oxidation sites excluding steroid dienone is 1. The van der Waals surface area contributed by atoms with Gasteiger partial charge in [-0.2, -0.15) is 0 Å². The Kier molecular flexibility index (Phi) is 4.56. The van der Waals surface area contributed by atoms with Crippen LogP contribution in [0.1, 0.15) is 33.5 Å². The van der Waals surface area contributed by atoms with Gasteiger partial charge in [-0.25, -0.2) is 13.6 Å². The zero-order valence-electron chi connectivity index (χ0n) is 11.3. The number of pyridine rings is 1. The Morgan fingerprint density at radius 1 is 1.18 bits per heavy atom. The van der Waals surface area contributed by atoms with Gasteiger partial charge in [0.15, 0.2) is 11.6 Å². The predicted molar refractivity (Wildman–Crippen MR) is 80.2 cm³/mol. The highest BCUT2D eigenvalue weighted by atomic mass is 35.5. The fourth-order valence-corrected chi connectivity index (χ4v) is 2.57. The van der Waals surface area contributed by atoms with E-state index in [1.165, 1.54) is 12.1 Å². The summed E-state index contributed by atoms with van der Waals surface area (Å²) in [5.41, 5.74) is 1.76. The molecule has 0 saturated carbocycles. The Bertz CT molecular complexity index is 754. The number of hydrogen-bond donors (Lipinski definition) is 1. The summed E-state index contributed by atoms with van der Waals surface area (Å²) < 4.78 is 27.9. The van der Waals surface area contributed by atoms with Crippen molar-refractivity contribution in [1.82, 2.24) is 4.98 Å². The Morgan fingerprint density at radius 3 is 2.50 bits per heavy atom. The van der Waals surface area contributed by atoms with Gasteiger partial charge >= 0.3 is 5.97 Å². The number of carboxylic acid groups (broad SMARTS) is 1. The minimum absolute atomic E-state index is 0. The summed E-state index contributed by atoms with van der Waals surface area (Å²) in [4.78, 5) is 14.6. The van der Waals surface area contributed by atoms with Crippen molar-refractivity contribution in [2.75, 3.05) is 0 Å². The highest BCUT2D eigenvalue weighted by molar-refractivity contribution is 5.91. The zero-order chi connectivity index (χ0) is 15.0. The van der Waals surface area contributed by atoms with E-state index in [1.807, 2.05) is 0 Å². The molecule has 1 aromatic carbocycles. The van der Waals surface area contributed by atoms with Gasteiger partial charge in [0.1, 0.15) is 0 Å². The van der Waals surface area contributed by atoms with Crippen molar-refractivity contribution in [1.29, 1.82) is 0 Å². The van der Waals surface area contributed by atoms with Crippen LogP contribution in [0.25, 0.3) is 5.57 Å². The molecule has 1 heterocycles. The maximum atomic E-state index is 13.9. The molecule has 1 aliphatic carbocycles. The molecule has 0 fully saturated rings. The normalized spacial score (nSPS) is 12.9. The van der Waals surface area contributed by atoms with Crippen LogP contribution in [-0.4, -0.2) is 16.1 Å². The number of rotatable bonds is 2. The first kappa shape index (κ1) is 16.1. The molecule has 0 amide bonds. The molecule has 3 rings (SSSR count). The molecule has 3 nitrogen and oxygen atoms in total. The second-order valence-electron chi connectivity index (χ2n) is 4.81. The largest absolute Gasteiger partial charge is 0.478 e. The van der Waals surface area contributed by atoms with Crippen molar-refractivity contribution in [3.63, 3.8) is 0 Å². The topological polar surface area (TPSA) is 50.2 Å². The van der Waals surface area contributed by atoms with Crippen LogP contribution in [0.5, 0.6) is 0 Å². The molecule has 6 heteroatoms. The third kappa shape index (κ3) is 2.72. The first-order valence-corrected chi connectivity index (χ1v) is 6.44. The lowest BCUT2D eigenvalue weighted by atomic mass is 9.86. The van der Waals surface area contributed by atoms with E-state index in [-0.39, 0.29) is 23.5 Å². The quantitative estimate of drug-likeness (QED) is 0.913. The molecule has 2 aromatic rings. The van der Waals surface area contributed by atoms with E-state index in [2.05, 4.69) is 4.98 Å². The van der Waals surface area contributed by atoms with Crippen molar-refractivity contribution in [3.8, 4) is 0 Å². The number of aromatic nitrogens is 1. The van der Waals surface area contributed by atoms with Crippen LogP contribution in [0, 0.1) is 11.6 Å². The Morgan fingerprint density at radius 2 is 1.86 bits per heavy atom. The van der Waals surface area contributed by atoms with Crippen LogP contribution in [0.3, 0.4) is 0 Å². The van der Waals surface area contributed by atoms with Crippen LogP contribution in [0.15, 0.2) is 36.7 Å². The van der Waals surface area contributed by atoms with E-state index >= 15 is 0 Å². The molecule has 0 bridgehead atoms. The maximum Gasteiger partial charge on any atom is 0.335 e. The van der Waals surface area contributed by atoms with Gasteiger partial charge in [-0.1, -0.05) is 12.1 Å². The number of hydrogen-bond acceptors (Lipinski definition) is 2. The molecule has 0 spiro atoms. The molecule has 114 valence electrons. The van der Waals surface area contributed by atoms with E-state index in [1.54, 1.807) is 12.1 Å². The molecule has 0 saturated heterocycles. The number of carboxylic acids is 1. The standard InChI is InChI=1S/C16H11F2NO2.ClH/c17-13-7-19-8-14(18)15(13)11-3-1-2-9-4-5-10(16(20)21)6-12(9)11;/h3-8H,1-2H2,(H,20,21);1H. The summed E-state index contributed by atoms with van der Waals surface area (Å²) in [6, 6.07) is 4.66. The van der Waals surface area contributed by atoms with Gasteiger partial charge < -0.3 is 5.11 Å². The molecule has 0 atom stereocenters. The number of aryl methyl sites for hydroxylation is 1. The lowest BCUT2D eigenvalue weighted by Crippen LogP contribution is -2.07. The lowest BCUT2D eigenvalue weighted by molar-refractivity contribution is 0.0697. The van der Waals surface area contributed by atoms with Crippen LogP contribution in [0.4, 0.5) is 8.78 Å². The van der Waals surface area contributed by atoms with Crippen molar-refractivity contribution >= 4 is 23.9 Å². The third-order valence-corrected chi connectivity index (χ3v) is 3.53. The monoisotopic (exact) mass is 323 g/mol. The van der Waals surface area contributed by atoms with Crippen molar-refractivity contribution in [2.45, 2.75) is 12.8 Å². The maximum absolute atomic E-state index is 13.9. The van der Waals surface area contributed by atoms with Crippen LogP contribution in [0.2, 0.25) is 0 Å². The number of carbonyl (C=O) groups is 1. The van der Waals surface area contributed by atoms with Gasteiger partial charge in [-0.05, 0) is 41.7 Å². The second-order valence-corrected chi connectivity index (χ2v) is 4.81. The number of halogens is 3. The second kappa shape index (κ2) is 6.23. The smallest absolute Gasteiger partial charge is 0.335 e. The van der Waals surface area contributed by atoms with Gasteiger partial charge in [-0.3, -0.25) is 4.98 Å². The first-order valence-electron chi connectivity index (χ1n) is 6.44. The summed E-state index contributed by atoms with van der Waals surface area (Å²) in [5, 5.41) is 9.07. The molecule has 0 unspecified atom stereocenters. The summed E-state index contributed by atoms with van der Waals surface area (Å²) in [6.45, 7) is 0. The van der Waals surface area contributed by atoms with Crippen LogP contribution in [-0.2, 0) is 6.42 Å². The molecule has 22 heavy (non-hydrogen) atoms. The molecule has 1 N–H and O–H groups in total. The fraction of sp³-hybridized carbons (Fsp3) is 0.125. The zero-order valence-corrected chi connectivity index (χ0v) is 12.2. The summed E-state index contributed by atoms with van der Waals surface area (Å²) in [6.07, 6.45) is 5.00. The Hall–Kier alpha value is -2.27. The molecule has 0 aliphatic heterocycles. The van der Waals surface area contributed by atoms with E-state index in [0.717, 1.165) is 18.0 Å². The molecular formula is C16H12ClF2NO2. The fourth-order valence-electron chi connectivity index (χ4n) is 2.57. The summed E-state index contributed by atoms with van der Waals surface area (Å²) in [7, 11) is 0. The van der Waals surface area contributed by atoms with Crippen LogP contribution >= 0.6 is 12.4 Å². The van der Waals surface area contributed by atoms with Crippen LogP contribution < -0.4 is 0 Å². The average Bonchev–Trinajstić information content (AvgIpc) is 2.46. The number of aromatic carboxylic acids is 1. The molecule has 1 aromatic heterocycles. The van der Waals surface area contributed by atoms with Crippen molar-refractivity contribution in [2.24, 2.45) is 0 Å². The first-order chi connectivity index (χ1) is 10.1. The summed E-state index contributed by atoms with van der Waals surface area (Å²) in [5.74, 6) is -2.58. The van der Waals surface area contributed by atoms with E-state index < -0.39 is 17.6 Å². The minimum Gasteiger partial charge on any atom is -0.478 e. The van der Waals surface area contributed by atoms with Gasteiger partial charge in [0, 0.05) is 0 Å². The molecular weight excluding hydrogens is 312 g/mol. The number of nitrogens with zero attached hydrogens (tertiary/aromatic N) is 1. The van der Waals surface area contributed by atoms with Crippen molar-refractivity contribution in [3.05, 3.63) is 70.6 Å². The van der Waals surface area contributed by atoms with E-state index in [4.69, 9.17) is 5.11 Å². The average molecular weight is 324 g/mol. The van der Waals surface area contributed by atoms with Gasteiger partial charge in [-0.15, -0.1) is 12.4 Å². The predicted octanol–water partition coefficient (Wildman–Crippen LogP) is 3.86. The van der Waals surface area contributed by atoms with Crippen molar-refractivity contribution < 1.29 is 18.7 Å². The highest BCUT2D eigenvalue weighted by Gasteiger charge is 2.21. The van der Waals surface area contributed by atoms with Gasteiger partial charge in [0.05, 0.1) is 23.5 Å². The van der Waals surface area contributed by atoms with E-state index in [9.17, 15) is 13.6 Å². The van der Waals surface area contributed by atoms with Gasteiger partial charge in [0.25, 0.3) is 0 Å². The number of fused-ring (bicyclic) bond motifs is 1. The SMILES string of the molecule is Cl.O=C(O)c1ccc2c(c1)C(c1c(F)cncc1F)=CCC2. The van der Waals surface area contributed by atoms with E-state index in [0.29, 0.717) is 24.0 Å². The Labute approximate surface area is 131 Å². The Balaban J connectivity index is 0.00000176.